The van der Waals surface area contributed by atoms with Crippen molar-refractivity contribution in [3.63, 3.8) is 0 Å². The van der Waals surface area contributed by atoms with Crippen LogP contribution in [0.4, 0.5) is 5.69 Å². The second kappa shape index (κ2) is 9.73. The third-order valence-corrected chi connectivity index (χ3v) is 6.03. The van der Waals surface area contributed by atoms with Gasteiger partial charge in [-0.25, -0.2) is 8.42 Å². The molecule has 2 aromatic rings. The van der Waals surface area contributed by atoms with E-state index in [1.165, 1.54) is 9.87 Å². The van der Waals surface area contributed by atoms with Crippen LogP contribution in [-0.2, 0) is 27.7 Å². The number of carbonyl (C=O) groups is 1. The van der Waals surface area contributed by atoms with Gasteiger partial charge in [0.05, 0.1) is 11.9 Å². The summed E-state index contributed by atoms with van der Waals surface area (Å²) in [5.74, 6) is -0.300. The molecule has 0 spiro atoms. The molecule has 1 amide bonds. The predicted octanol–water partition coefficient (Wildman–Crippen LogP) is 3.54. The molecule has 0 fully saturated rings. The van der Waals surface area contributed by atoms with Gasteiger partial charge in [-0.05, 0) is 56.4 Å². The van der Waals surface area contributed by atoms with Crippen molar-refractivity contribution < 1.29 is 13.2 Å². The topological polar surface area (TPSA) is 66.5 Å². The van der Waals surface area contributed by atoms with E-state index in [1.807, 2.05) is 44.2 Å². The van der Waals surface area contributed by atoms with Crippen molar-refractivity contribution in [2.24, 2.45) is 0 Å². The van der Waals surface area contributed by atoms with E-state index in [1.54, 1.807) is 19.1 Å². The first-order chi connectivity index (χ1) is 13.2. The van der Waals surface area contributed by atoms with Gasteiger partial charge < -0.3 is 5.32 Å². The minimum atomic E-state index is -3.60. The molecule has 2 rings (SSSR count). The zero-order valence-corrected chi connectivity index (χ0v) is 17.9. The maximum absolute atomic E-state index is 12.7. The highest BCUT2D eigenvalue weighted by Gasteiger charge is 2.29. The molecule has 0 aromatic heterocycles. The number of sulfonamides is 1. The van der Waals surface area contributed by atoms with E-state index in [-0.39, 0.29) is 11.9 Å². The molecule has 0 heterocycles. The minimum absolute atomic E-state index is 0.0565. The molecule has 28 heavy (non-hydrogen) atoms. The van der Waals surface area contributed by atoms with Crippen LogP contribution in [0.5, 0.6) is 0 Å². The van der Waals surface area contributed by atoms with Crippen molar-refractivity contribution in [2.45, 2.75) is 52.1 Å². The SMILES string of the molecule is CCc1ccc(N([C@H](C)C(=O)N[C@@H](C)CCc2ccccc2)S(C)(=O)=O)cc1. The summed E-state index contributed by atoms with van der Waals surface area (Å²) in [4.78, 5) is 12.7. The highest BCUT2D eigenvalue weighted by molar-refractivity contribution is 7.92. The number of aryl methyl sites for hydroxylation is 2. The van der Waals surface area contributed by atoms with Crippen molar-refractivity contribution in [1.82, 2.24) is 5.32 Å². The summed E-state index contributed by atoms with van der Waals surface area (Å²) in [5.41, 5.74) is 2.83. The number of rotatable bonds is 9. The molecule has 5 nitrogen and oxygen atoms in total. The van der Waals surface area contributed by atoms with Crippen LogP contribution < -0.4 is 9.62 Å². The Balaban J connectivity index is 2.06. The van der Waals surface area contributed by atoms with Gasteiger partial charge in [0.25, 0.3) is 0 Å². The molecule has 0 aliphatic carbocycles. The molecule has 0 unspecified atom stereocenters. The van der Waals surface area contributed by atoms with Gasteiger partial charge in [0.15, 0.2) is 0 Å². The number of nitrogens with zero attached hydrogens (tertiary/aromatic N) is 1. The molecule has 2 aromatic carbocycles. The van der Waals surface area contributed by atoms with Gasteiger partial charge >= 0.3 is 0 Å². The summed E-state index contributed by atoms with van der Waals surface area (Å²) >= 11 is 0. The maximum atomic E-state index is 12.7. The van der Waals surface area contributed by atoms with E-state index in [0.29, 0.717) is 5.69 Å². The number of hydrogen-bond donors (Lipinski definition) is 1. The Bertz CT molecular complexity index is 864. The van der Waals surface area contributed by atoms with E-state index in [9.17, 15) is 13.2 Å². The van der Waals surface area contributed by atoms with Gasteiger partial charge in [-0.1, -0.05) is 49.4 Å². The van der Waals surface area contributed by atoms with Gasteiger partial charge in [-0.2, -0.15) is 0 Å². The Kier molecular flexibility index (Phi) is 7.63. The third kappa shape index (κ3) is 6.09. The zero-order chi connectivity index (χ0) is 20.7. The molecule has 6 heteroatoms. The number of hydrogen-bond acceptors (Lipinski definition) is 3. The molecule has 0 aliphatic rings. The largest absolute Gasteiger partial charge is 0.352 e. The van der Waals surface area contributed by atoms with Gasteiger partial charge in [-0.15, -0.1) is 0 Å². The first kappa shape index (κ1) is 22.0. The van der Waals surface area contributed by atoms with E-state index in [0.717, 1.165) is 31.1 Å². The van der Waals surface area contributed by atoms with Crippen LogP contribution in [0.25, 0.3) is 0 Å². The molecule has 0 radical (unpaired) electrons. The van der Waals surface area contributed by atoms with E-state index < -0.39 is 16.1 Å². The Morgan fingerprint density at radius 2 is 1.61 bits per heavy atom. The Hall–Kier alpha value is -2.34. The van der Waals surface area contributed by atoms with Crippen LogP contribution in [0.1, 0.15) is 38.3 Å². The number of carbonyl (C=O) groups excluding carboxylic acids is 1. The second-order valence-electron chi connectivity index (χ2n) is 7.19. The number of anilines is 1. The Morgan fingerprint density at radius 3 is 2.14 bits per heavy atom. The highest BCUT2D eigenvalue weighted by atomic mass is 32.2. The second-order valence-corrected chi connectivity index (χ2v) is 9.05. The lowest BCUT2D eigenvalue weighted by Crippen LogP contribution is -2.50. The van der Waals surface area contributed by atoms with Gasteiger partial charge in [-0.3, -0.25) is 9.10 Å². The van der Waals surface area contributed by atoms with Gasteiger partial charge in [0.1, 0.15) is 6.04 Å². The standard InChI is InChI=1S/C22H30N2O3S/c1-5-19-13-15-21(16-14-19)24(28(4,26)27)18(3)22(25)23-17(2)11-12-20-9-7-6-8-10-20/h6-10,13-18H,5,11-12H2,1-4H3,(H,23,25)/t17-,18+/m0/s1. The first-order valence-corrected chi connectivity index (χ1v) is 11.5. The Labute approximate surface area is 168 Å². The monoisotopic (exact) mass is 402 g/mol. The molecule has 0 bridgehead atoms. The Morgan fingerprint density at radius 1 is 1.00 bits per heavy atom. The molecular weight excluding hydrogens is 372 g/mol. The number of nitrogens with one attached hydrogen (secondary N) is 1. The van der Waals surface area contributed by atoms with Crippen molar-refractivity contribution in [1.29, 1.82) is 0 Å². The molecule has 0 saturated carbocycles. The van der Waals surface area contributed by atoms with Gasteiger partial charge in [0.2, 0.25) is 15.9 Å². The summed E-state index contributed by atoms with van der Waals surface area (Å²) in [5, 5.41) is 2.95. The van der Waals surface area contributed by atoms with Crippen molar-refractivity contribution in [3.8, 4) is 0 Å². The lowest BCUT2D eigenvalue weighted by Gasteiger charge is -2.29. The van der Waals surface area contributed by atoms with Crippen LogP contribution in [0.3, 0.4) is 0 Å². The number of benzene rings is 2. The van der Waals surface area contributed by atoms with Crippen LogP contribution in [-0.4, -0.2) is 32.7 Å². The summed E-state index contributed by atoms with van der Waals surface area (Å²) in [6.45, 7) is 5.60. The smallest absolute Gasteiger partial charge is 0.243 e. The summed E-state index contributed by atoms with van der Waals surface area (Å²) in [6, 6.07) is 16.5. The van der Waals surface area contributed by atoms with E-state index >= 15 is 0 Å². The van der Waals surface area contributed by atoms with Crippen LogP contribution in [0, 0.1) is 0 Å². The third-order valence-electron chi connectivity index (χ3n) is 4.79. The van der Waals surface area contributed by atoms with Crippen LogP contribution >= 0.6 is 0 Å². The normalized spacial score (nSPS) is 13.6. The van der Waals surface area contributed by atoms with Crippen LogP contribution in [0.2, 0.25) is 0 Å². The average Bonchev–Trinajstić information content (AvgIpc) is 2.66. The van der Waals surface area contributed by atoms with Crippen LogP contribution in [0.15, 0.2) is 54.6 Å². The zero-order valence-electron chi connectivity index (χ0n) is 17.1. The molecule has 0 saturated heterocycles. The van der Waals surface area contributed by atoms with Crippen molar-refractivity contribution in [3.05, 3.63) is 65.7 Å². The fourth-order valence-electron chi connectivity index (χ4n) is 3.15. The predicted molar refractivity (Wildman–Crippen MR) is 115 cm³/mol. The summed E-state index contributed by atoms with van der Waals surface area (Å²) in [7, 11) is -3.60. The minimum Gasteiger partial charge on any atom is -0.352 e. The molecule has 2 atom stereocenters. The van der Waals surface area contributed by atoms with Crippen molar-refractivity contribution >= 4 is 21.6 Å². The summed E-state index contributed by atoms with van der Waals surface area (Å²) < 4.78 is 25.9. The van der Waals surface area contributed by atoms with E-state index in [2.05, 4.69) is 17.4 Å². The maximum Gasteiger partial charge on any atom is 0.243 e. The molecule has 1 N–H and O–H groups in total. The fraction of sp³-hybridized carbons (Fsp3) is 0.409. The molecule has 152 valence electrons. The summed E-state index contributed by atoms with van der Waals surface area (Å²) in [6.07, 6.45) is 3.63. The molecular formula is C22H30N2O3S. The first-order valence-electron chi connectivity index (χ1n) is 9.65. The number of amides is 1. The lowest BCUT2D eigenvalue weighted by molar-refractivity contribution is -0.122. The lowest BCUT2D eigenvalue weighted by atomic mass is 10.1. The molecule has 0 aliphatic heterocycles. The highest BCUT2D eigenvalue weighted by Crippen LogP contribution is 2.22. The fourth-order valence-corrected chi connectivity index (χ4v) is 4.33. The van der Waals surface area contributed by atoms with E-state index in [4.69, 9.17) is 0 Å². The van der Waals surface area contributed by atoms with Gasteiger partial charge in [0, 0.05) is 6.04 Å². The quantitative estimate of drug-likeness (QED) is 0.698. The average molecular weight is 403 g/mol. The van der Waals surface area contributed by atoms with Crippen molar-refractivity contribution in [2.75, 3.05) is 10.6 Å².